The summed E-state index contributed by atoms with van der Waals surface area (Å²) in [6.07, 6.45) is 1.10. The molecule has 29 heavy (non-hydrogen) atoms. The molecule has 4 rings (SSSR count). The molecule has 1 aliphatic rings. The number of likely N-dealkylation sites (tertiary alicyclic amines) is 1. The van der Waals surface area contributed by atoms with E-state index in [2.05, 4.69) is 4.98 Å². The van der Waals surface area contributed by atoms with Crippen LogP contribution in [-0.2, 0) is 9.53 Å². The number of hydrogen-bond donors (Lipinski definition) is 1. The summed E-state index contributed by atoms with van der Waals surface area (Å²) in [7, 11) is 0. The highest BCUT2D eigenvalue weighted by Crippen LogP contribution is 2.24. The van der Waals surface area contributed by atoms with Gasteiger partial charge >= 0.3 is 5.97 Å². The smallest absolute Gasteiger partial charge is 0.309 e. The summed E-state index contributed by atoms with van der Waals surface area (Å²) in [6.45, 7) is 2.61. The molecule has 1 aliphatic heterocycles. The van der Waals surface area contributed by atoms with Crippen molar-refractivity contribution in [1.82, 2.24) is 9.88 Å². The van der Waals surface area contributed by atoms with Crippen LogP contribution >= 0.6 is 11.3 Å². The second kappa shape index (κ2) is 8.21. The summed E-state index contributed by atoms with van der Waals surface area (Å²) in [5.41, 5.74) is 2.24. The zero-order valence-corrected chi connectivity index (χ0v) is 17.0. The summed E-state index contributed by atoms with van der Waals surface area (Å²) < 4.78 is 5.34. The average molecular weight is 410 g/mol. The van der Waals surface area contributed by atoms with E-state index in [4.69, 9.17) is 4.74 Å². The first-order valence-electron chi connectivity index (χ1n) is 9.64. The maximum Gasteiger partial charge on any atom is 0.309 e. The van der Waals surface area contributed by atoms with E-state index < -0.39 is 0 Å². The van der Waals surface area contributed by atoms with Crippen molar-refractivity contribution in [2.24, 2.45) is 5.92 Å². The Labute approximate surface area is 172 Å². The second-order valence-electron chi connectivity index (χ2n) is 7.25. The molecular weight excluding hydrogens is 388 g/mol. The van der Waals surface area contributed by atoms with Gasteiger partial charge in [-0.1, -0.05) is 24.3 Å². The molecule has 0 spiro atoms. The summed E-state index contributed by atoms with van der Waals surface area (Å²) in [5, 5.41) is 2.72. The molecule has 3 heterocycles. The third-order valence-electron chi connectivity index (χ3n) is 5.37. The number of H-pyrrole nitrogens is 1. The van der Waals surface area contributed by atoms with Crippen LogP contribution in [-0.4, -0.2) is 47.2 Å². The number of nitrogens with one attached hydrogen (secondary N) is 1. The molecule has 0 aliphatic carbocycles. The van der Waals surface area contributed by atoms with Gasteiger partial charge in [-0.2, -0.15) is 0 Å². The number of ether oxygens (including phenoxy) is 1. The number of fused-ring (bicyclic) bond motifs is 1. The van der Waals surface area contributed by atoms with Gasteiger partial charge in [-0.05, 0) is 37.3 Å². The van der Waals surface area contributed by atoms with Gasteiger partial charge in [0.25, 0.3) is 5.91 Å². The Morgan fingerprint density at radius 1 is 1.14 bits per heavy atom. The lowest BCUT2D eigenvalue weighted by atomic mass is 9.97. The minimum Gasteiger partial charge on any atom is -0.457 e. The summed E-state index contributed by atoms with van der Waals surface area (Å²) in [6, 6.07) is 11.2. The van der Waals surface area contributed by atoms with Crippen LogP contribution in [0.4, 0.5) is 0 Å². The Hall–Kier alpha value is -2.93. The van der Waals surface area contributed by atoms with Gasteiger partial charge in [-0.25, -0.2) is 0 Å². The lowest BCUT2D eigenvalue weighted by Gasteiger charge is -2.30. The van der Waals surface area contributed by atoms with Crippen LogP contribution in [0.1, 0.15) is 38.6 Å². The molecule has 1 aromatic carbocycles. The number of Topliss-reactive ketones (excluding diaryl/α,β-unsaturated/α-hetero) is 1. The molecule has 0 unspecified atom stereocenters. The van der Waals surface area contributed by atoms with Crippen molar-refractivity contribution in [2.75, 3.05) is 19.7 Å². The van der Waals surface area contributed by atoms with Gasteiger partial charge in [0.05, 0.1) is 10.8 Å². The van der Waals surface area contributed by atoms with Crippen LogP contribution in [0.2, 0.25) is 0 Å². The highest BCUT2D eigenvalue weighted by Gasteiger charge is 2.29. The largest absolute Gasteiger partial charge is 0.457 e. The fourth-order valence-corrected chi connectivity index (χ4v) is 4.53. The fraction of sp³-hybridized carbons (Fsp3) is 0.318. The van der Waals surface area contributed by atoms with Crippen LogP contribution in [0.5, 0.6) is 0 Å². The van der Waals surface area contributed by atoms with E-state index in [1.165, 1.54) is 11.3 Å². The number of ketones is 1. The Balaban J connectivity index is 1.32. The number of para-hydroxylation sites is 1. The van der Waals surface area contributed by atoms with E-state index in [0.717, 1.165) is 16.6 Å². The predicted molar refractivity (Wildman–Crippen MR) is 111 cm³/mol. The van der Waals surface area contributed by atoms with Crippen molar-refractivity contribution in [2.45, 2.75) is 19.8 Å². The first-order chi connectivity index (χ1) is 14.0. The van der Waals surface area contributed by atoms with Crippen LogP contribution in [0, 0.1) is 12.8 Å². The molecule has 0 radical (unpaired) electrons. The molecule has 7 heteroatoms. The molecule has 1 fully saturated rings. The molecule has 0 atom stereocenters. The van der Waals surface area contributed by atoms with E-state index in [1.54, 1.807) is 4.90 Å². The Kier molecular flexibility index (Phi) is 5.49. The first-order valence-corrected chi connectivity index (χ1v) is 10.5. The number of amides is 1. The number of carbonyl (C=O) groups excluding carboxylic acids is 3. The molecule has 1 amide bonds. The normalized spacial score (nSPS) is 14.9. The minimum atomic E-state index is -0.362. The number of thiophene rings is 1. The number of rotatable bonds is 5. The lowest BCUT2D eigenvalue weighted by molar-refractivity contribution is -0.148. The van der Waals surface area contributed by atoms with Crippen molar-refractivity contribution < 1.29 is 19.1 Å². The SMILES string of the molecule is Cc1[nH]c2ccccc2c1C(=O)COC(=O)C1CCN(C(=O)c2cccs2)CC1. The topological polar surface area (TPSA) is 79.5 Å². The Morgan fingerprint density at radius 2 is 1.90 bits per heavy atom. The highest BCUT2D eigenvalue weighted by molar-refractivity contribution is 7.12. The van der Waals surface area contributed by atoms with Crippen LogP contribution < -0.4 is 0 Å². The summed E-state index contributed by atoms with van der Waals surface area (Å²) >= 11 is 1.42. The van der Waals surface area contributed by atoms with Crippen molar-refractivity contribution in [3.8, 4) is 0 Å². The molecule has 1 N–H and O–H groups in total. The molecule has 150 valence electrons. The maximum atomic E-state index is 12.7. The maximum absolute atomic E-state index is 12.7. The quantitative estimate of drug-likeness (QED) is 0.512. The third kappa shape index (κ3) is 3.96. The second-order valence-corrected chi connectivity index (χ2v) is 8.19. The number of aryl methyl sites for hydroxylation is 1. The van der Waals surface area contributed by atoms with Crippen molar-refractivity contribution in [1.29, 1.82) is 0 Å². The van der Waals surface area contributed by atoms with Crippen LogP contribution in [0.25, 0.3) is 10.9 Å². The number of esters is 1. The Bertz CT molecular complexity index is 1050. The van der Waals surface area contributed by atoms with Crippen molar-refractivity contribution in [3.63, 3.8) is 0 Å². The number of aromatic amines is 1. The van der Waals surface area contributed by atoms with Crippen molar-refractivity contribution in [3.05, 3.63) is 57.9 Å². The van der Waals surface area contributed by atoms with Gasteiger partial charge in [-0.3, -0.25) is 14.4 Å². The highest BCUT2D eigenvalue weighted by atomic mass is 32.1. The summed E-state index contributed by atoms with van der Waals surface area (Å²) in [5.74, 6) is -0.839. The predicted octanol–water partition coefficient (Wildman–Crippen LogP) is 3.82. The van der Waals surface area contributed by atoms with E-state index in [9.17, 15) is 14.4 Å². The number of nitrogens with zero attached hydrogens (tertiary/aromatic N) is 1. The monoisotopic (exact) mass is 410 g/mol. The van der Waals surface area contributed by atoms with Crippen LogP contribution in [0.3, 0.4) is 0 Å². The number of piperidine rings is 1. The molecule has 2 aromatic heterocycles. The zero-order valence-electron chi connectivity index (χ0n) is 16.1. The van der Waals surface area contributed by atoms with E-state index >= 15 is 0 Å². The van der Waals surface area contributed by atoms with Crippen LogP contribution in [0.15, 0.2) is 41.8 Å². The standard InChI is InChI=1S/C22H22N2O4S/c1-14-20(16-5-2-3-6-17(16)23-14)18(25)13-28-22(27)15-8-10-24(11-9-15)21(26)19-7-4-12-29-19/h2-7,12,15,23H,8-11,13H2,1H3. The zero-order chi connectivity index (χ0) is 20.4. The molecule has 6 nitrogen and oxygen atoms in total. The van der Waals surface area contributed by atoms with E-state index in [1.807, 2.05) is 48.7 Å². The lowest BCUT2D eigenvalue weighted by Crippen LogP contribution is -2.40. The van der Waals surface area contributed by atoms with E-state index in [-0.39, 0.29) is 30.2 Å². The number of carbonyl (C=O) groups is 3. The molecule has 3 aromatic rings. The van der Waals surface area contributed by atoms with Gasteiger partial charge in [0.15, 0.2) is 6.61 Å². The van der Waals surface area contributed by atoms with Gasteiger partial charge in [0.2, 0.25) is 5.78 Å². The van der Waals surface area contributed by atoms with Gasteiger partial charge in [-0.15, -0.1) is 11.3 Å². The van der Waals surface area contributed by atoms with E-state index in [0.29, 0.717) is 36.4 Å². The average Bonchev–Trinajstić information content (AvgIpc) is 3.38. The minimum absolute atomic E-state index is 0.0109. The molecule has 1 saturated heterocycles. The van der Waals surface area contributed by atoms with Crippen molar-refractivity contribution >= 4 is 39.9 Å². The molecule has 0 saturated carbocycles. The Morgan fingerprint density at radius 3 is 2.62 bits per heavy atom. The number of aromatic nitrogens is 1. The first kappa shape index (κ1) is 19.4. The number of hydrogen-bond acceptors (Lipinski definition) is 5. The third-order valence-corrected chi connectivity index (χ3v) is 6.22. The van der Waals surface area contributed by atoms with Gasteiger partial charge in [0.1, 0.15) is 0 Å². The van der Waals surface area contributed by atoms with Gasteiger partial charge in [0, 0.05) is 35.2 Å². The van der Waals surface area contributed by atoms with Gasteiger partial charge < -0.3 is 14.6 Å². The molecular formula is C22H22N2O4S. The molecule has 0 bridgehead atoms. The fourth-order valence-electron chi connectivity index (χ4n) is 3.84. The number of benzene rings is 1. The summed E-state index contributed by atoms with van der Waals surface area (Å²) in [4.78, 5) is 43.2.